The van der Waals surface area contributed by atoms with Crippen molar-refractivity contribution in [3.05, 3.63) is 47.5 Å². The Hall–Kier alpha value is -1.81. The number of imidazole rings is 1. The predicted molar refractivity (Wildman–Crippen MR) is 78.7 cm³/mol. The van der Waals surface area contributed by atoms with Gasteiger partial charge in [-0.2, -0.15) is 0 Å². The summed E-state index contributed by atoms with van der Waals surface area (Å²) in [4.78, 5) is 4.26. The van der Waals surface area contributed by atoms with Gasteiger partial charge in [-0.15, -0.1) is 0 Å². The molecule has 0 amide bonds. The van der Waals surface area contributed by atoms with Gasteiger partial charge in [0.15, 0.2) is 0 Å². The Morgan fingerprint density at radius 1 is 1.40 bits per heavy atom. The van der Waals surface area contributed by atoms with E-state index < -0.39 is 0 Å². The molecule has 106 valence electrons. The molecule has 1 aliphatic heterocycles. The highest BCUT2D eigenvalue weighted by Gasteiger charge is 2.29. The molecule has 0 aliphatic carbocycles. The third-order valence-electron chi connectivity index (χ3n) is 3.88. The highest BCUT2D eigenvalue weighted by molar-refractivity contribution is 5.41. The van der Waals surface area contributed by atoms with Crippen molar-refractivity contribution in [3.63, 3.8) is 0 Å². The molecule has 20 heavy (non-hydrogen) atoms. The monoisotopic (exact) mass is 271 g/mol. The number of aryl methyl sites for hydroxylation is 1. The smallest absolute Gasteiger partial charge is 0.142 e. The van der Waals surface area contributed by atoms with Crippen LogP contribution in [0.4, 0.5) is 0 Å². The number of hydrogen-bond donors (Lipinski definition) is 1. The molecule has 1 aromatic carbocycles. The minimum Gasteiger partial charge on any atom is -0.484 e. The quantitative estimate of drug-likeness (QED) is 0.911. The van der Waals surface area contributed by atoms with E-state index in [9.17, 15) is 0 Å². The summed E-state index contributed by atoms with van der Waals surface area (Å²) in [5, 5.41) is 0. The van der Waals surface area contributed by atoms with Gasteiger partial charge >= 0.3 is 0 Å². The lowest BCUT2D eigenvalue weighted by Gasteiger charge is -2.31. The van der Waals surface area contributed by atoms with Gasteiger partial charge in [0.1, 0.15) is 11.9 Å². The van der Waals surface area contributed by atoms with Crippen LogP contribution in [0.1, 0.15) is 55.3 Å². The molecular formula is C16H21N3O. The lowest BCUT2D eigenvalue weighted by Crippen LogP contribution is -2.26. The van der Waals surface area contributed by atoms with E-state index in [0.717, 1.165) is 23.4 Å². The van der Waals surface area contributed by atoms with Gasteiger partial charge in [0.05, 0.1) is 18.2 Å². The van der Waals surface area contributed by atoms with Gasteiger partial charge in [-0.3, -0.25) is 0 Å². The van der Waals surface area contributed by atoms with Crippen molar-refractivity contribution in [1.82, 2.24) is 9.55 Å². The number of nitrogens with zero attached hydrogens (tertiary/aromatic N) is 2. The summed E-state index contributed by atoms with van der Waals surface area (Å²) in [6, 6.07) is 6.59. The van der Waals surface area contributed by atoms with Crippen molar-refractivity contribution in [2.24, 2.45) is 5.73 Å². The molecule has 2 unspecified atom stereocenters. The summed E-state index contributed by atoms with van der Waals surface area (Å²) in [5.41, 5.74) is 9.75. The molecule has 0 bridgehead atoms. The zero-order valence-corrected chi connectivity index (χ0v) is 12.2. The molecule has 0 spiro atoms. The Morgan fingerprint density at radius 3 is 2.95 bits per heavy atom. The molecule has 4 heteroatoms. The third kappa shape index (κ3) is 2.20. The van der Waals surface area contributed by atoms with Crippen LogP contribution in [0.3, 0.4) is 0 Å². The maximum Gasteiger partial charge on any atom is 0.142 e. The molecule has 0 saturated carbocycles. The van der Waals surface area contributed by atoms with Crippen LogP contribution in [-0.2, 0) is 0 Å². The van der Waals surface area contributed by atoms with Crippen LogP contribution in [0.2, 0.25) is 0 Å². The van der Waals surface area contributed by atoms with Crippen LogP contribution >= 0.6 is 0 Å². The summed E-state index contributed by atoms with van der Waals surface area (Å²) >= 11 is 0. The van der Waals surface area contributed by atoms with Gasteiger partial charge in [0.2, 0.25) is 0 Å². The first-order valence-electron chi connectivity index (χ1n) is 7.10. The van der Waals surface area contributed by atoms with Crippen molar-refractivity contribution >= 4 is 0 Å². The highest BCUT2D eigenvalue weighted by Crippen LogP contribution is 2.40. The molecule has 4 nitrogen and oxygen atoms in total. The maximum absolute atomic E-state index is 6.33. The highest BCUT2D eigenvalue weighted by atomic mass is 16.5. The van der Waals surface area contributed by atoms with E-state index in [4.69, 9.17) is 10.5 Å². The van der Waals surface area contributed by atoms with E-state index in [-0.39, 0.29) is 12.1 Å². The van der Waals surface area contributed by atoms with E-state index in [1.54, 1.807) is 0 Å². The van der Waals surface area contributed by atoms with Crippen LogP contribution in [0, 0.1) is 6.92 Å². The standard InChI is InChI=1S/C16H21N3O/c1-10(2)19-9-18-8-14(19)16-7-13(17)12-6-11(3)4-5-15(12)20-16/h4-6,8-10,13,16H,7,17H2,1-3H3. The number of hydrogen-bond acceptors (Lipinski definition) is 3. The number of benzene rings is 1. The number of nitrogens with two attached hydrogens (primary N) is 1. The van der Waals surface area contributed by atoms with E-state index in [0.29, 0.717) is 6.04 Å². The lowest BCUT2D eigenvalue weighted by molar-refractivity contribution is 0.151. The summed E-state index contributed by atoms with van der Waals surface area (Å²) in [7, 11) is 0. The zero-order valence-electron chi connectivity index (χ0n) is 12.2. The first kappa shape index (κ1) is 13.2. The molecule has 2 atom stereocenters. The van der Waals surface area contributed by atoms with E-state index in [1.807, 2.05) is 18.6 Å². The minimum absolute atomic E-state index is 0.0131. The van der Waals surface area contributed by atoms with Crippen LogP contribution in [0.15, 0.2) is 30.7 Å². The van der Waals surface area contributed by atoms with E-state index in [2.05, 4.69) is 42.5 Å². The largest absolute Gasteiger partial charge is 0.484 e. The molecule has 2 aromatic rings. The first-order valence-corrected chi connectivity index (χ1v) is 7.10. The lowest BCUT2D eigenvalue weighted by atomic mass is 9.94. The topological polar surface area (TPSA) is 53.1 Å². The molecule has 2 N–H and O–H groups in total. The van der Waals surface area contributed by atoms with Gasteiger partial charge in [0, 0.05) is 24.1 Å². The Kier molecular flexibility index (Phi) is 3.26. The average Bonchev–Trinajstić information content (AvgIpc) is 2.89. The van der Waals surface area contributed by atoms with E-state index >= 15 is 0 Å². The van der Waals surface area contributed by atoms with Crippen LogP contribution < -0.4 is 10.5 Å². The van der Waals surface area contributed by atoms with Crippen molar-refractivity contribution < 1.29 is 4.74 Å². The predicted octanol–water partition coefficient (Wildman–Crippen LogP) is 3.30. The molecule has 0 saturated heterocycles. The Balaban J connectivity index is 1.95. The van der Waals surface area contributed by atoms with Gasteiger partial charge in [-0.1, -0.05) is 17.7 Å². The third-order valence-corrected chi connectivity index (χ3v) is 3.88. The van der Waals surface area contributed by atoms with Crippen molar-refractivity contribution in [1.29, 1.82) is 0 Å². The Labute approximate surface area is 119 Å². The molecule has 2 heterocycles. The molecule has 0 radical (unpaired) electrons. The van der Waals surface area contributed by atoms with Gasteiger partial charge in [0.25, 0.3) is 0 Å². The summed E-state index contributed by atoms with van der Waals surface area (Å²) < 4.78 is 8.30. The number of aromatic nitrogens is 2. The van der Waals surface area contributed by atoms with Crippen molar-refractivity contribution in [2.45, 2.75) is 45.4 Å². The zero-order chi connectivity index (χ0) is 14.3. The Bertz CT molecular complexity index is 618. The first-order chi connectivity index (χ1) is 9.56. The van der Waals surface area contributed by atoms with Gasteiger partial charge in [-0.25, -0.2) is 4.98 Å². The van der Waals surface area contributed by atoms with Crippen LogP contribution in [-0.4, -0.2) is 9.55 Å². The fourth-order valence-electron chi connectivity index (χ4n) is 2.80. The van der Waals surface area contributed by atoms with Crippen LogP contribution in [0.25, 0.3) is 0 Å². The van der Waals surface area contributed by atoms with E-state index in [1.165, 1.54) is 5.56 Å². The average molecular weight is 271 g/mol. The minimum atomic E-state index is -0.0230. The van der Waals surface area contributed by atoms with Gasteiger partial charge < -0.3 is 15.0 Å². The van der Waals surface area contributed by atoms with Crippen LogP contribution in [0.5, 0.6) is 5.75 Å². The molecule has 1 aliphatic rings. The molecule has 3 rings (SSSR count). The molecule has 1 aromatic heterocycles. The number of ether oxygens (including phenoxy) is 1. The summed E-state index contributed by atoms with van der Waals surface area (Å²) in [6.45, 7) is 6.36. The molecular weight excluding hydrogens is 250 g/mol. The normalized spacial score (nSPS) is 21.6. The second kappa shape index (κ2) is 4.94. The van der Waals surface area contributed by atoms with Crippen molar-refractivity contribution in [2.75, 3.05) is 0 Å². The fraction of sp³-hybridized carbons (Fsp3) is 0.438. The van der Waals surface area contributed by atoms with Gasteiger partial charge in [-0.05, 0) is 26.8 Å². The fourth-order valence-corrected chi connectivity index (χ4v) is 2.80. The maximum atomic E-state index is 6.33. The summed E-state index contributed by atoms with van der Waals surface area (Å²) in [6.07, 6.45) is 4.51. The SMILES string of the molecule is Cc1ccc2c(c1)C(N)CC(c1cncn1C(C)C)O2. The molecule has 0 fully saturated rings. The Morgan fingerprint density at radius 2 is 2.20 bits per heavy atom. The summed E-state index contributed by atoms with van der Waals surface area (Å²) in [5.74, 6) is 0.899. The second-order valence-electron chi connectivity index (χ2n) is 5.81. The van der Waals surface area contributed by atoms with Crippen molar-refractivity contribution in [3.8, 4) is 5.75 Å². The number of fused-ring (bicyclic) bond motifs is 1. The number of rotatable bonds is 2. The second-order valence-corrected chi connectivity index (χ2v) is 5.81.